The number of carboxylic acids is 1. The van der Waals surface area contributed by atoms with Gasteiger partial charge >= 0.3 is 12.1 Å². The molecule has 8 heteroatoms. The number of carbonyl (C=O) groups excluding carboxylic acids is 2. The molecular formula is C27H30N2O6. The van der Waals surface area contributed by atoms with Gasteiger partial charge in [-0.2, -0.15) is 0 Å². The number of alkyl carbamates (subject to hydrolysis) is 1. The molecule has 35 heavy (non-hydrogen) atoms. The first-order chi connectivity index (χ1) is 17.0. The Bertz CT molecular complexity index is 1070. The zero-order chi connectivity index (χ0) is 24.4. The Balaban J connectivity index is 1.23. The molecule has 5 rings (SSSR count). The molecular weight excluding hydrogens is 448 g/mol. The molecule has 3 atom stereocenters. The second kappa shape index (κ2) is 10.1. The lowest BCUT2D eigenvalue weighted by Crippen LogP contribution is -2.54. The van der Waals surface area contributed by atoms with Crippen molar-refractivity contribution in [3.63, 3.8) is 0 Å². The van der Waals surface area contributed by atoms with Crippen LogP contribution in [0, 0.1) is 0 Å². The van der Waals surface area contributed by atoms with Gasteiger partial charge in [-0.3, -0.25) is 4.79 Å². The second-order valence-electron chi connectivity index (χ2n) is 9.39. The Morgan fingerprint density at radius 2 is 1.66 bits per heavy atom. The second-order valence-corrected chi connectivity index (χ2v) is 9.39. The van der Waals surface area contributed by atoms with E-state index in [4.69, 9.17) is 9.47 Å². The number of hydrogen-bond donors (Lipinski definition) is 2. The summed E-state index contributed by atoms with van der Waals surface area (Å²) >= 11 is 0. The van der Waals surface area contributed by atoms with Crippen LogP contribution in [0.15, 0.2) is 48.5 Å². The molecule has 2 aliphatic heterocycles. The van der Waals surface area contributed by atoms with Crippen LogP contribution >= 0.6 is 0 Å². The van der Waals surface area contributed by atoms with Gasteiger partial charge in [0, 0.05) is 19.1 Å². The van der Waals surface area contributed by atoms with Crippen LogP contribution in [-0.2, 0) is 19.1 Å². The number of nitrogens with one attached hydrogen (secondary N) is 1. The maximum Gasteiger partial charge on any atom is 0.407 e. The Morgan fingerprint density at radius 3 is 2.34 bits per heavy atom. The summed E-state index contributed by atoms with van der Waals surface area (Å²) in [4.78, 5) is 39.2. The quantitative estimate of drug-likeness (QED) is 0.681. The number of aliphatic carboxylic acids is 1. The fourth-order valence-corrected chi connectivity index (χ4v) is 5.56. The summed E-state index contributed by atoms with van der Waals surface area (Å²) < 4.78 is 11.3. The highest BCUT2D eigenvalue weighted by Crippen LogP contribution is 2.44. The van der Waals surface area contributed by atoms with E-state index < -0.39 is 30.3 Å². The smallest absolute Gasteiger partial charge is 0.407 e. The molecule has 2 aromatic rings. The van der Waals surface area contributed by atoms with Gasteiger partial charge in [0.25, 0.3) is 5.91 Å². The minimum Gasteiger partial charge on any atom is -0.480 e. The van der Waals surface area contributed by atoms with Crippen molar-refractivity contribution >= 4 is 18.0 Å². The highest BCUT2D eigenvalue weighted by atomic mass is 16.6. The molecule has 2 N–H and O–H groups in total. The standard InChI is InChI=1S/C27H30N2O6/c30-25(29-14-7-1-2-12-23(29)26(31)32)24-22(13-15-34-24)28-27(33)35-16-21-19-10-5-3-8-17(19)18-9-4-6-11-20(18)21/h3-6,8-11,21-24H,1-2,7,12-16H2,(H,28,33)(H,31,32)/t22-,23?,24+/m0/s1. The number of ether oxygens (including phenoxy) is 2. The van der Waals surface area contributed by atoms with Crippen LogP contribution in [0.25, 0.3) is 11.1 Å². The van der Waals surface area contributed by atoms with Crippen molar-refractivity contribution in [3.8, 4) is 11.1 Å². The third kappa shape index (κ3) is 4.62. The predicted molar refractivity (Wildman–Crippen MR) is 128 cm³/mol. The van der Waals surface area contributed by atoms with Gasteiger partial charge in [-0.15, -0.1) is 0 Å². The maximum absolute atomic E-state index is 13.2. The third-order valence-corrected chi connectivity index (χ3v) is 7.30. The first-order valence-electron chi connectivity index (χ1n) is 12.3. The molecule has 0 saturated carbocycles. The highest BCUT2D eigenvalue weighted by molar-refractivity contribution is 5.88. The minimum absolute atomic E-state index is 0.0566. The molecule has 2 aromatic carbocycles. The van der Waals surface area contributed by atoms with Gasteiger partial charge in [0.1, 0.15) is 12.6 Å². The van der Waals surface area contributed by atoms with Crippen LogP contribution in [0.2, 0.25) is 0 Å². The van der Waals surface area contributed by atoms with Gasteiger partial charge in [0.15, 0.2) is 6.10 Å². The van der Waals surface area contributed by atoms with E-state index in [0.29, 0.717) is 26.0 Å². The van der Waals surface area contributed by atoms with E-state index in [1.807, 2.05) is 24.3 Å². The van der Waals surface area contributed by atoms with Crippen LogP contribution in [0.4, 0.5) is 4.79 Å². The third-order valence-electron chi connectivity index (χ3n) is 7.30. The summed E-state index contributed by atoms with van der Waals surface area (Å²) in [7, 11) is 0. The minimum atomic E-state index is -1.00. The van der Waals surface area contributed by atoms with Crippen molar-refractivity contribution in [3.05, 3.63) is 59.7 Å². The van der Waals surface area contributed by atoms with Crippen molar-refractivity contribution in [2.24, 2.45) is 0 Å². The van der Waals surface area contributed by atoms with Crippen molar-refractivity contribution in [2.45, 2.75) is 56.2 Å². The van der Waals surface area contributed by atoms with Crippen LogP contribution in [0.3, 0.4) is 0 Å². The highest BCUT2D eigenvalue weighted by Gasteiger charge is 2.42. The average molecular weight is 479 g/mol. The van der Waals surface area contributed by atoms with Gasteiger partial charge in [-0.05, 0) is 41.5 Å². The molecule has 3 aliphatic rings. The van der Waals surface area contributed by atoms with Gasteiger partial charge in [-0.25, -0.2) is 9.59 Å². The number of fused-ring (bicyclic) bond motifs is 3. The van der Waals surface area contributed by atoms with E-state index in [-0.39, 0.29) is 18.4 Å². The molecule has 2 amide bonds. The zero-order valence-corrected chi connectivity index (χ0v) is 19.5. The Kier molecular flexibility index (Phi) is 6.72. The summed E-state index contributed by atoms with van der Waals surface area (Å²) in [6.07, 6.45) is 1.80. The van der Waals surface area contributed by atoms with Gasteiger partial charge in [0.05, 0.1) is 6.04 Å². The topological polar surface area (TPSA) is 105 Å². The number of rotatable bonds is 5. The predicted octanol–water partition coefficient (Wildman–Crippen LogP) is 3.54. The van der Waals surface area contributed by atoms with Gasteiger partial charge in [0.2, 0.25) is 0 Å². The number of likely N-dealkylation sites (tertiary alicyclic amines) is 1. The lowest BCUT2D eigenvalue weighted by molar-refractivity contribution is -0.155. The van der Waals surface area contributed by atoms with Crippen LogP contribution in [-0.4, -0.2) is 65.9 Å². The Morgan fingerprint density at radius 1 is 0.971 bits per heavy atom. The van der Waals surface area contributed by atoms with Crippen molar-refractivity contribution in [2.75, 3.05) is 19.8 Å². The average Bonchev–Trinajstić information content (AvgIpc) is 3.35. The summed E-state index contributed by atoms with van der Waals surface area (Å²) in [6, 6.07) is 14.8. The summed E-state index contributed by atoms with van der Waals surface area (Å²) in [5, 5.41) is 12.4. The largest absolute Gasteiger partial charge is 0.480 e. The Hall–Kier alpha value is -3.39. The fraction of sp³-hybridized carbons (Fsp3) is 0.444. The van der Waals surface area contributed by atoms with E-state index >= 15 is 0 Å². The van der Waals surface area contributed by atoms with E-state index in [1.165, 1.54) is 4.90 Å². The Labute approximate surface area is 204 Å². The lowest BCUT2D eigenvalue weighted by Gasteiger charge is -2.31. The molecule has 2 saturated heterocycles. The SMILES string of the molecule is O=C(N[C@H]1CCO[C@H]1C(=O)N1CCCCCC1C(=O)O)OCC1c2ccccc2-c2ccccc21. The molecule has 0 radical (unpaired) electrons. The molecule has 2 heterocycles. The van der Waals surface area contributed by atoms with E-state index in [1.54, 1.807) is 0 Å². The number of benzene rings is 2. The molecule has 0 aromatic heterocycles. The molecule has 8 nitrogen and oxygen atoms in total. The lowest BCUT2D eigenvalue weighted by atomic mass is 9.98. The number of nitrogens with zero attached hydrogens (tertiary/aromatic N) is 1. The zero-order valence-electron chi connectivity index (χ0n) is 19.5. The molecule has 1 unspecified atom stereocenters. The normalized spacial score (nSPS) is 23.8. The molecule has 2 fully saturated rings. The first kappa shape index (κ1) is 23.4. The van der Waals surface area contributed by atoms with Crippen molar-refractivity contribution in [1.29, 1.82) is 0 Å². The summed E-state index contributed by atoms with van der Waals surface area (Å²) in [6.45, 7) is 0.878. The van der Waals surface area contributed by atoms with Crippen LogP contribution in [0.5, 0.6) is 0 Å². The maximum atomic E-state index is 13.2. The molecule has 1 aliphatic carbocycles. The van der Waals surface area contributed by atoms with E-state index in [9.17, 15) is 19.5 Å². The van der Waals surface area contributed by atoms with E-state index in [2.05, 4.69) is 29.6 Å². The number of amides is 2. The van der Waals surface area contributed by atoms with E-state index in [0.717, 1.165) is 41.5 Å². The fourth-order valence-electron chi connectivity index (χ4n) is 5.56. The molecule has 184 valence electrons. The summed E-state index contributed by atoms with van der Waals surface area (Å²) in [5.41, 5.74) is 4.55. The number of carbonyl (C=O) groups is 3. The number of hydrogen-bond acceptors (Lipinski definition) is 5. The van der Waals surface area contributed by atoms with Crippen molar-refractivity contribution < 1.29 is 29.0 Å². The summed E-state index contributed by atoms with van der Waals surface area (Å²) in [5.74, 6) is -1.43. The van der Waals surface area contributed by atoms with Crippen LogP contribution in [0.1, 0.15) is 49.1 Å². The monoisotopic (exact) mass is 478 g/mol. The van der Waals surface area contributed by atoms with Crippen molar-refractivity contribution in [1.82, 2.24) is 10.2 Å². The first-order valence-corrected chi connectivity index (χ1v) is 12.3. The molecule has 0 spiro atoms. The van der Waals surface area contributed by atoms with Gasteiger partial charge < -0.3 is 24.8 Å². The molecule has 0 bridgehead atoms. The number of carboxylic acid groups (broad SMARTS) is 1. The van der Waals surface area contributed by atoms with Crippen LogP contribution < -0.4 is 5.32 Å². The van der Waals surface area contributed by atoms with Gasteiger partial charge in [-0.1, -0.05) is 61.4 Å².